The molecular weight excluding hydrogens is 386 g/mol. The Morgan fingerprint density at radius 2 is 1.81 bits per heavy atom. The summed E-state index contributed by atoms with van der Waals surface area (Å²) in [6.07, 6.45) is -0.456. The number of benzene rings is 1. The zero-order chi connectivity index (χ0) is 19.8. The van der Waals surface area contributed by atoms with Crippen molar-refractivity contribution in [2.75, 3.05) is 6.54 Å². The fourth-order valence-electron chi connectivity index (χ4n) is 2.84. The van der Waals surface area contributed by atoms with Gasteiger partial charge in [0, 0.05) is 31.2 Å². The predicted octanol–water partition coefficient (Wildman–Crippen LogP) is 3.79. The molecule has 0 spiro atoms. The number of fused-ring (bicyclic) bond motifs is 1. The van der Waals surface area contributed by atoms with Gasteiger partial charge in [0.15, 0.2) is 0 Å². The minimum atomic E-state index is -4.89. The summed E-state index contributed by atoms with van der Waals surface area (Å²) in [5.41, 5.74) is -0.0753. The largest absolute Gasteiger partial charge is 0.409 e. The molecule has 0 saturated carbocycles. The first-order chi connectivity index (χ1) is 12.6. The maximum Gasteiger partial charge on any atom is 0.409 e. The highest BCUT2D eigenvalue weighted by Crippen LogP contribution is 2.40. The predicted molar refractivity (Wildman–Crippen MR) is 90.0 cm³/mol. The quantitative estimate of drug-likeness (QED) is 0.612. The number of nitrogens with zero attached hydrogens (tertiary/aromatic N) is 3. The number of halogens is 4. The highest BCUT2D eigenvalue weighted by molar-refractivity contribution is 7.89. The fraction of sp³-hybridized carbons (Fsp3) is 0.235. The summed E-state index contributed by atoms with van der Waals surface area (Å²) in [5, 5.41) is 0. The molecule has 1 atom stereocenters. The van der Waals surface area contributed by atoms with Gasteiger partial charge in [-0.2, -0.15) is 17.5 Å². The summed E-state index contributed by atoms with van der Waals surface area (Å²) in [6.45, 7) is 0.886. The second-order valence-electron chi connectivity index (χ2n) is 5.76. The average Bonchev–Trinajstić information content (AvgIpc) is 3.07. The van der Waals surface area contributed by atoms with Crippen LogP contribution in [0.3, 0.4) is 0 Å². The molecule has 0 unspecified atom stereocenters. The van der Waals surface area contributed by atoms with Crippen molar-refractivity contribution in [1.29, 1.82) is 0 Å². The standard InChI is InChI=1S/C17H15F4N3O2S/c1-2-24(16(17(19,20)21)12-3-5-13(18)6-4-12)27(25,26)14-7-9-23-10-8-22-15(23)11-14/h3-11,16H,2H2,1H3/t16-/m1/s1. The lowest BCUT2D eigenvalue weighted by atomic mass is 10.1. The number of hydrogen-bond donors (Lipinski definition) is 0. The van der Waals surface area contributed by atoms with Crippen LogP contribution in [-0.2, 0) is 10.0 Å². The van der Waals surface area contributed by atoms with Crippen molar-refractivity contribution in [3.05, 3.63) is 66.4 Å². The summed E-state index contributed by atoms with van der Waals surface area (Å²) in [6, 6.07) is 3.58. The number of rotatable bonds is 5. The van der Waals surface area contributed by atoms with Gasteiger partial charge in [0.1, 0.15) is 17.5 Å². The molecule has 0 aliphatic heterocycles. The van der Waals surface area contributed by atoms with Crippen molar-refractivity contribution in [2.24, 2.45) is 0 Å². The van der Waals surface area contributed by atoms with E-state index in [2.05, 4.69) is 4.98 Å². The molecule has 0 bridgehead atoms. The maximum atomic E-state index is 13.8. The van der Waals surface area contributed by atoms with Crippen LogP contribution in [0.15, 0.2) is 59.9 Å². The summed E-state index contributed by atoms with van der Waals surface area (Å²) in [5.74, 6) is -0.713. The highest BCUT2D eigenvalue weighted by atomic mass is 32.2. The van der Waals surface area contributed by atoms with Gasteiger partial charge in [-0.1, -0.05) is 19.1 Å². The van der Waals surface area contributed by atoms with Crippen molar-refractivity contribution in [1.82, 2.24) is 13.7 Å². The first-order valence-corrected chi connectivity index (χ1v) is 9.35. The topological polar surface area (TPSA) is 54.7 Å². The second-order valence-corrected chi connectivity index (χ2v) is 7.65. The molecule has 0 aliphatic rings. The van der Waals surface area contributed by atoms with E-state index in [1.54, 1.807) is 6.20 Å². The van der Waals surface area contributed by atoms with Crippen LogP contribution in [0.4, 0.5) is 17.6 Å². The third-order valence-corrected chi connectivity index (χ3v) is 6.01. The van der Waals surface area contributed by atoms with Gasteiger partial charge >= 0.3 is 6.18 Å². The van der Waals surface area contributed by atoms with Gasteiger partial charge in [0.2, 0.25) is 10.0 Å². The third-order valence-electron chi connectivity index (χ3n) is 4.07. The minimum absolute atomic E-state index is 0.289. The monoisotopic (exact) mass is 401 g/mol. The molecule has 0 fully saturated rings. The number of alkyl halides is 3. The fourth-order valence-corrected chi connectivity index (χ4v) is 4.46. The second kappa shape index (κ2) is 6.93. The van der Waals surface area contributed by atoms with Crippen LogP contribution < -0.4 is 0 Å². The Bertz CT molecular complexity index is 1050. The van der Waals surface area contributed by atoms with Crippen molar-refractivity contribution in [3.8, 4) is 0 Å². The molecule has 0 amide bonds. The molecule has 0 radical (unpaired) electrons. The third kappa shape index (κ3) is 3.67. The molecule has 0 aliphatic carbocycles. The van der Waals surface area contributed by atoms with Crippen LogP contribution >= 0.6 is 0 Å². The number of pyridine rings is 1. The van der Waals surface area contributed by atoms with Crippen LogP contribution in [0, 0.1) is 5.82 Å². The van der Waals surface area contributed by atoms with Gasteiger partial charge in [0.05, 0.1) is 4.90 Å². The van der Waals surface area contributed by atoms with Gasteiger partial charge in [-0.25, -0.2) is 17.8 Å². The van der Waals surface area contributed by atoms with Gasteiger partial charge < -0.3 is 4.40 Å². The summed E-state index contributed by atoms with van der Waals surface area (Å²) in [4.78, 5) is 3.65. The Hall–Kier alpha value is -2.46. The molecule has 0 saturated heterocycles. The highest BCUT2D eigenvalue weighted by Gasteiger charge is 2.48. The molecule has 5 nitrogen and oxygen atoms in total. The van der Waals surface area contributed by atoms with Gasteiger partial charge in [-0.15, -0.1) is 0 Å². The Labute approximate surface area is 152 Å². The van der Waals surface area contributed by atoms with Crippen LogP contribution in [0.5, 0.6) is 0 Å². The SMILES string of the molecule is CCN([C@H](c1ccc(F)cc1)C(F)(F)F)S(=O)(=O)c1ccn2ccnc2c1. The Morgan fingerprint density at radius 1 is 1.15 bits per heavy atom. The van der Waals surface area contributed by atoms with E-state index in [9.17, 15) is 26.0 Å². The van der Waals surface area contributed by atoms with E-state index in [1.807, 2.05) is 0 Å². The molecule has 0 N–H and O–H groups in total. The zero-order valence-electron chi connectivity index (χ0n) is 14.1. The molecule has 3 aromatic rings. The van der Waals surface area contributed by atoms with E-state index < -0.39 is 34.6 Å². The van der Waals surface area contributed by atoms with E-state index in [0.717, 1.165) is 24.3 Å². The lowest BCUT2D eigenvalue weighted by molar-refractivity contribution is -0.173. The van der Waals surface area contributed by atoms with Crippen molar-refractivity contribution >= 4 is 15.7 Å². The number of sulfonamides is 1. The van der Waals surface area contributed by atoms with Crippen LogP contribution in [0.25, 0.3) is 5.65 Å². The van der Waals surface area contributed by atoms with Crippen molar-refractivity contribution < 1.29 is 26.0 Å². The molecular formula is C17H15F4N3O2S. The summed E-state index contributed by atoms with van der Waals surface area (Å²) < 4.78 is 82.3. The lowest BCUT2D eigenvalue weighted by Crippen LogP contribution is -2.42. The van der Waals surface area contributed by atoms with E-state index >= 15 is 0 Å². The molecule has 144 valence electrons. The van der Waals surface area contributed by atoms with Crippen molar-refractivity contribution in [2.45, 2.75) is 24.0 Å². The summed E-state index contributed by atoms with van der Waals surface area (Å²) in [7, 11) is -4.49. The van der Waals surface area contributed by atoms with E-state index in [1.165, 1.54) is 35.9 Å². The maximum absolute atomic E-state index is 13.8. The van der Waals surface area contributed by atoms with Gasteiger partial charge in [0.25, 0.3) is 0 Å². The Balaban J connectivity index is 2.11. The Morgan fingerprint density at radius 3 is 2.41 bits per heavy atom. The molecule has 1 aromatic carbocycles. The Kier molecular flexibility index (Phi) is 4.96. The first-order valence-electron chi connectivity index (χ1n) is 7.91. The van der Waals surface area contributed by atoms with E-state index in [4.69, 9.17) is 0 Å². The zero-order valence-corrected chi connectivity index (χ0v) is 14.9. The molecule has 2 heterocycles. The van der Waals surface area contributed by atoms with E-state index in [0.29, 0.717) is 4.31 Å². The van der Waals surface area contributed by atoms with Gasteiger partial charge in [-0.05, 0) is 23.8 Å². The normalized spacial score (nSPS) is 14.0. The lowest BCUT2D eigenvalue weighted by Gasteiger charge is -2.31. The number of aromatic nitrogens is 2. The van der Waals surface area contributed by atoms with Crippen LogP contribution in [-0.4, -0.2) is 34.8 Å². The van der Waals surface area contributed by atoms with Crippen LogP contribution in [0.2, 0.25) is 0 Å². The number of imidazole rings is 1. The van der Waals surface area contributed by atoms with E-state index in [-0.39, 0.29) is 16.1 Å². The van der Waals surface area contributed by atoms with Crippen molar-refractivity contribution in [3.63, 3.8) is 0 Å². The molecule has 2 aromatic heterocycles. The van der Waals surface area contributed by atoms with Gasteiger partial charge in [-0.3, -0.25) is 0 Å². The average molecular weight is 401 g/mol. The molecule has 3 rings (SSSR count). The minimum Gasteiger partial charge on any atom is -0.307 e. The first kappa shape index (κ1) is 19.3. The molecule has 10 heteroatoms. The van der Waals surface area contributed by atoms with Crippen LogP contribution in [0.1, 0.15) is 18.5 Å². The number of hydrogen-bond acceptors (Lipinski definition) is 3. The molecule has 27 heavy (non-hydrogen) atoms. The summed E-state index contributed by atoms with van der Waals surface area (Å²) >= 11 is 0. The smallest absolute Gasteiger partial charge is 0.307 e.